The molecule has 0 radical (unpaired) electrons. The van der Waals surface area contributed by atoms with E-state index in [1.54, 1.807) is 0 Å². The highest BCUT2D eigenvalue weighted by molar-refractivity contribution is 5.66. The second-order valence-corrected chi connectivity index (χ2v) is 5.38. The molecular formula is C18H30O2. The molecule has 0 rings (SSSR count). The fraction of sp³-hybridized carbons (Fsp3) is 0.611. The second kappa shape index (κ2) is 11.5. The maximum Gasteiger partial charge on any atom is 0.302 e. The summed E-state index contributed by atoms with van der Waals surface area (Å²) in [5.74, 6) is -0.222. The first kappa shape index (κ1) is 18.7. The second-order valence-electron chi connectivity index (χ2n) is 5.38. The average molecular weight is 278 g/mol. The quantitative estimate of drug-likeness (QED) is 0.419. The van der Waals surface area contributed by atoms with Gasteiger partial charge in [0.2, 0.25) is 0 Å². The molecular weight excluding hydrogens is 248 g/mol. The van der Waals surface area contributed by atoms with Crippen molar-refractivity contribution in [2.75, 3.05) is 6.61 Å². The third kappa shape index (κ3) is 11.8. The van der Waals surface area contributed by atoms with E-state index in [9.17, 15) is 4.79 Å². The van der Waals surface area contributed by atoms with Crippen molar-refractivity contribution in [2.45, 2.75) is 66.7 Å². The van der Waals surface area contributed by atoms with E-state index in [-0.39, 0.29) is 5.97 Å². The van der Waals surface area contributed by atoms with E-state index in [4.69, 9.17) is 4.74 Å². The van der Waals surface area contributed by atoms with Gasteiger partial charge in [-0.05, 0) is 59.0 Å². The topological polar surface area (TPSA) is 26.3 Å². The van der Waals surface area contributed by atoms with Crippen LogP contribution in [0.25, 0.3) is 0 Å². The standard InChI is InChI=1S/C18H30O2/c1-6-15(2)9-7-10-16(3)11-8-12-17(4)13-14-20-18(5)19/h9,11,13H,6-8,10,12,14H2,1-5H3. The van der Waals surface area contributed by atoms with Crippen molar-refractivity contribution in [1.82, 2.24) is 0 Å². The molecule has 0 aliphatic rings. The summed E-state index contributed by atoms with van der Waals surface area (Å²) >= 11 is 0. The van der Waals surface area contributed by atoms with Crippen LogP contribution in [0.4, 0.5) is 0 Å². The molecule has 0 atom stereocenters. The minimum absolute atomic E-state index is 0.222. The lowest BCUT2D eigenvalue weighted by molar-refractivity contribution is -0.139. The Morgan fingerprint density at radius 1 is 0.850 bits per heavy atom. The Labute approximate surface area is 124 Å². The molecule has 0 aliphatic heterocycles. The van der Waals surface area contributed by atoms with Crippen LogP contribution < -0.4 is 0 Å². The number of carbonyl (C=O) groups is 1. The van der Waals surface area contributed by atoms with Gasteiger partial charge in [-0.15, -0.1) is 0 Å². The lowest BCUT2D eigenvalue weighted by atomic mass is 10.1. The van der Waals surface area contributed by atoms with Crippen LogP contribution in [-0.2, 0) is 9.53 Å². The summed E-state index contributed by atoms with van der Waals surface area (Å²) in [7, 11) is 0. The highest BCUT2D eigenvalue weighted by Crippen LogP contribution is 2.12. The van der Waals surface area contributed by atoms with E-state index in [2.05, 4.69) is 39.8 Å². The maximum absolute atomic E-state index is 10.6. The molecule has 0 N–H and O–H groups in total. The summed E-state index contributed by atoms with van der Waals surface area (Å²) in [5.41, 5.74) is 4.21. The molecule has 2 heteroatoms. The first-order chi connectivity index (χ1) is 9.45. The summed E-state index contributed by atoms with van der Waals surface area (Å²) in [6.07, 6.45) is 12.2. The fourth-order valence-corrected chi connectivity index (χ4v) is 1.74. The van der Waals surface area contributed by atoms with Gasteiger partial charge in [0.1, 0.15) is 6.61 Å². The zero-order valence-electron chi connectivity index (χ0n) is 13.8. The Kier molecular flexibility index (Phi) is 10.8. The molecule has 0 aromatic heterocycles. The molecule has 0 bridgehead atoms. The summed E-state index contributed by atoms with van der Waals surface area (Å²) in [6.45, 7) is 10.5. The summed E-state index contributed by atoms with van der Waals surface area (Å²) in [6, 6.07) is 0. The van der Waals surface area contributed by atoms with E-state index in [0.717, 1.165) is 32.1 Å². The Balaban J connectivity index is 3.89. The number of allylic oxidation sites excluding steroid dienone is 5. The molecule has 0 saturated carbocycles. The van der Waals surface area contributed by atoms with Gasteiger partial charge in [0, 0.05) is 6.92 Å². The molecule has 0 fully saturated rings. The SMILES string of the molecule is CCC(C)=CCCC(C)=CCCC(C)=CCOC(C)=O. The minimum Gasteiger partial charge on any atom is -0.462 e. The zero-order valence-corrected chi connectivity index (χ0v) is 13.8. The smallest absolute Gasteiger partial charge is 0.302 e. The van der Waals surface area contributed by atoms with Crippen molar-refractivity contribution in [1.29, 1.82) is 0 Å². The van der Waals surface area contributed by atoms with Crippen LogP contribution in [0.1, 0.15) is 66.7 Å². The third-order valence-electron chi connectivity index (χ3n) is 3.34. The number of rotatable bonds is 9. The van der Waals surface area contributed by atoms with Crippen molar-refractivity contribution in [2.24, 2.45) is 0 Å². The third-order valence-corrected chi connectivity index (χ3v) is 3.34. The van der Waals surface area contributed by atoms with E-state index < -0.39 is 0 Å². The first-order valence-corrected chi connectivity index (χ1v) is 7.56. The van der Waals surface area contributed by atoms with Crippen LogP contribution in [0.5, 0.6) is 0 Å². The number of esters is 1. The van der Waals surface area contributed by atoms with Crippen LogP contribution in [-0.4, -0.2) is 12.6 Å². The van der Waals surface area contributed by atoms with Crippen LogP contribution in [0.2, 0.25) is 0 Å². The summed E-state index contributed by atoms with van der Waals surface area (Å²) < 4.78 is 4.89. The van der Waals surface area contributed by atoms with Gasteiger partial charge >= 0.3 is 5.97 Å². The predicted molar refractivity (Wildman–Crippen MR) is 86.7 cm³/mol. The molecule has 0 aromatic rings. The molecule has 0 aliphatic carbocycles. The lowest BCUT2D eigenvalue weighted by Gasteiger charge is -2.02. The van der Waals surface area contributed by atoms with E-state index in [1.165, 1.54) is 23.6 Å². The van der Waals surface area contributed by atoms with Gasteiger partial charge in [0.05, 0.1) is 0 Å². The summed E-state index contributed by atoms with van der Waals surface area (Å²) in [5, 5.41) is 0. The van der Waals surface area contributed by atoms with Crippen LogP contribution in [0.3, 0.4) is 0 Å². The first-order valence-electron chi connectivity index (χ1n) is 7.56. The highest BCUT2D eigenvalue weighted by Gasteiger charge is 1.93. The Hall–Kier alpha value is -1.31. The number of hydrogen-bond donors (Lipinski definition) is 0. The molecule has 0 saturated heterocycles. The Morgan fingerprint density at radius 3 is 1.85 bits per heavy atom. The van der Waals surface area contributed by atoms with Gasteiger partial charge in [-0.1, -0.05) is 35.8 Å². The molecule has 0 spiro atoms. The van der Waals surface area contributed by atoms with Gasteiger partial charge in [0.25, 0.3) is 0 Å². The monoisotopic (exact) mass is 278 g/mol. The predicted octanol–water partition coefficient (Wildman–Crippen LogP) is 5.36. The molecule has 114 valence electrons. The van der Waals surface area contributed by atoms with E-state index in [1.807, 2.05) is 6.08 Å². The molecule has 0 unspecified atom stereocenters. The van der Waals surface area contributed by atoms with Crippen molar-refractivity contribution in [3.8, 4) is 0 Å². The van der Waals surface area contributed by atoms with Gasteiger partial charge in [-0.25, -0.2) is 0 Å². The molecule has 2 nitrogen and oxygen atoms in total. The van der Waals surface area contributed by atoms with Crippen molar-refractivity contribution in [3.05, 3.63) is 34.9 Å². The fourth-order valence-electron chi connectivity index (χ4n) is 1.74. The van der Waals surface area contributed by atoms with Crippen molar-refractivity contribution in [3.63, 3.8) is 0 Å². The Bertz CT molecular complexity index is 373. The van der Waals surface area contributed by atoms with Crippen LogP contribution in [0, 0.1) is 0 Å². The minimum atomic E-state index is -0.222. The number of carbonyl (C=O) groups excluding carboxylic acids is 1. The normalized spacial score (nSPS) is 13.6. The highest BCUT2D eigenvalue weighted by atomic mass is 16.5. The van der Waals surface area contributed by atoms with Crippen molar-refractivity contribution >= 4 is 5.97 Å². The van der Waals surface area contributed by atoms with E-state index in [0.29, 0.717) is 6.61 Å². The molecule has 0 aromatic carbocycles. The van der Waals surface area contributed by atoms with Crippen LogP contribution >= 0.6 is 0 Å². The van der Waals surface area contributed by atoms with Crippen molar-refractivity contribution < 1.29 is 9.53 Å². The number of hydrogen-bond acceptors (Lipinski definition) is 2. The van der Waals surface area contributed by atoms with E-state index >= 15 is 0 Å². The largest absolute Gasteiger partial charge is 0.462 e. The maximum atomic E-state index is 10.6. The van der Waals surface area contributed by atoms with Crippen LogP contribution in [0.15, 0.2) is 34.9 Å². The van der Waals surface area contributed by atoms with Gasteiger partial charge in [0.15, 0.2) is 0 Å². The summed E-state index contributed by atoms with van der Waals surface area (Å²) in [4.78, 5) is 10.6. The average Bonchev–Trinajstić information content (AvgIpc) is 2.38. The zero-order chi connectivity index (χ0) is 15.4. The number of ether oxygens (including phenoxy) is 1. The molecule has 20 heavy (non-hydrogen) atoms. The van der Waals surface area contributed by atoms with Gasteiger partial charge in [-0.3, -0.25) is 4.79 Å². The Morgan fingerprint density at radius 2 is 1.35 bits per heavy atom. The van der Waals surface area contributed by atoms with Gasteiger partial charge < -0.3 is 4.74 Å². The van der Waals surface area contributed by atoms with Gasteiger partial charge in [-0.2, -0.15) is 0 Å². The molecule has 0 amide bonds. The lowest BCUT2D eigenvalue weighted by Crippen LogP contribution is -1.98. The molecule has 0 heterocycles.